The quantitative estimate of drug-likeness (QED) is 0.696. The van der Waals surface area contributed by atoms with E-state index in [1.165, 1.54) is 17.5 Å². The number of benzene rings is 2. The number of sulfonamides is 1. The Hall–Kier alpha value is -2.54. The van der Waals surface area contributed by atoms with E-state index >= 15 is 0 Å². The minimum Gasteiger partial charge on any atom is -0.497 e. The summed E-state index contributed by atoms with van der Waals surface area (Å²) in [7, 11) is -0.668. The Kier molecular flexibility index (Phi) is 5.18. The van der Waals surface area contributed by atoms with E-state index in [9.17, 15) is 13.2 Å². The molecule has 2 aromatic rings. The summed E-state index contributed by atoms with van der Waals surface area (Å²) in [6.07, 6.45) is 1.83. The molecule has 0 spiro atoms. The van der Waals surface area contributed by atoms with E-state index in [1.54, 1.807) is 37.4 Å². The maximum absolute atomic E-state index is 13.2. The summed E-state index contributed by atoms with van der Waals surface area (Å²) in [5, 5.41) is 0. The highest BCUT2D eigenvalue weighted by Crippen LogP contribution is 2.43. The van der Waals surface area contributed by atoms with Crippen molar-refractivity contribution in [3.8, 4) is 11.5 Å². The van der Waals surface area contributed by atoms with Gasteiger partial charge in [-0.2, -0.15) is 0 Å². The lowest BCUT2D eigenvalue weighted by Crippen LogP contribution is -2.30. The number of anilines is 1. The van der Waals surface area contributed by atoms with Crippen LogP contribution < -0.4 is 13.8 Å². The van der Waals surface area contributed by atoms with E-state index in [-0.39, 0.29) is 10.8 Å². The molecular weight excluding hydrogens is 354 g/mol. The number of ether oxygens (including phenoxy) is 2. The summed E-state index contributed by atoms with van der Waals surface area (Å²) >= 11 is 0. The number of fused-ring (bicyclic) bond motifs is 1. The minimum atomic E-state index is -3.74. The number of carbonyl (C=O) groups excluding carboxylic acids is 1. The van der Waals surface area contributed by atoms with Crippen LogP contribution in [0.4, 0.5) is 5.69 Å². The number of hydrogen-bond donors (Lipinski definition) is 0. The monoisotopic (exact) mass is 375 g/mol. The van der Waals surface area contributed by atoms with Gasteiger partial charge in [0, 0.05) is 24.9 Å². The van der Waals surface area contributed by atoms with Gasteiger partial charge in [-0.1, -0.05) is 6.07 Å². The second kappa shape index (κ2) is 7.37. The standard InChI is InChI=1S/C19H21NO5S/c1-24-15-6-3-7-17(11-15)26(22,23)20-13-14(5-4-10-21)18-12-16(25-2)8-9-19(18)20/h3,6-12,14H,4-5,13H2,1-2H3. The number of carbonyl (C=O) groups is 1. The second-order valence-corrected chi connectivity index (χ2v) is 7.94. The largest absolute Gasteiger partial charge is 0.497 e. The van der Waals surface area contributed by atoms with Gasteiger partial charge in [-0.25, -0.2) is 8.42 Å². The molecule has 1 heterocycles. The summed E-state index contributed by atoms with van der Waals surface area (Å²) in [5.41, 5.74) is 1.52. The fourth-order valence-electron chi connectivity index (χ4n) is 3.24. The highest BCUT2D eigenvalue weighted by molar-refractivity contribution is 7.92. The van der Waals surface area contributed by atoms with Gasteiger partial charge >= 0.3 is 0 Å². The Balaban J connectivity index is 2.04. The Morgan fingerprint density at radius 2 is 1.85 bits per heavy atom. The van der Waals surface area contributed by atoms with Crippen molar-refractivity contribution in [2.75, 3.05) is 25.1 Å². The predicted molar refractivity (Wildman–Crippen MR) is 98.6 cm³/mol. The minimum absolute atomic E-state index is 0.0503. The van der Waals surface area contributed by atoms with E-state index in [4.69, 9.17) is 9.47 Å². The molecule has 1 atom stereocenters. The third-order valence-electron chi connectivity index (χ3n) is 4.59. The molecular formula is C19H21NO5S. The smallest absolute Gasteiger partial charge is 0.264 e. The molecule has 0 N–H and O–H groups in total. The lowest BCUT2D eigenvalue weighted by atomic mass is 9.96. The molecule has 0 saturated heterocycles. The normalized spacial score (nSPS) is 16.2. The lowest BCUT2D eigenvalue weighted by molar-refractivity contribution is -0.108. The first-order valence-electron chi connectivity index (χ1n) is 8.29. The van der Waals surface area contributed by atoms with Gasteiger partial charge in [0.1, 0.15) is 17.8 Å². The molecule has 1 unspecified atom stereocenters. The SMILES string of the molecule is COc1cccc(S(=O)(=O)N2CC(CCC=O)c3cc(OC)ccc32)c1. The van der Waals surface area contributed by atoms with Gasteiger partial charge in [0.25, 0.3) is 10.0 Å². The number of rotatable bonds is 7. The van der Waals surface area contributed by atoms with Gasteiger partial charge in [-0.15, -0.1) is 0 Å². The van der Waals surface area contributed by atoms with Crippen LogP contribution in [0.25, 0.3) is 0 Å². The van der Waals surface area contributed by atoms with E-state index < -0.39 is 10.0 Å². The molecule has 0 saturated carbocycles. The molecule has 6 nitrogen and oxygen atoms in total. The molecule has 26 heavy (non-hydrogen) atoms. The third kappa shape index (κ3) is 3.26. The maximum Gasteiger partial charge on any atom is 0.264 e. The summed E-state index contributed by atoms with van der Waals surface area (Å²) in [4.78, 5) is 11.0. The fraction of sp³-hybridized carbons (Fsp3) is 0.316. The first-order valence-corrected chi connectivity index (χ1v) is 9.73. The molecule has 3 rings (SSSR count). The van der Waals surface area contributed by atoms with E-state index in [2.05, 4.69) is 0 Å². The average Bonchev–Trinajstić information content (AvgIpc) is 3.04. The van der Waals surface area contributed by atoms with Crippen molar-refractivity contribution < 1.29 is 22.7 Å². The van der Waals surface area contributed by atoms with Crippen molar-refractivity contribution in [2.24, 2.45) is 0 Å². The second-order valence-electron chi connectivity index (χ2n) is 6.08. The molecule has 2 aromatic carbocycles. The number of hydrogen-bond acceptors (Lipinski definition) is 5. The fourth-order valence-corrected chi connectivity index (χ4v) is 4.81. The molecule has 138 valence electrons. The van der Waals surface area contributed by atoms with Crippen molar-refractivity contribution in [1.82, 2.24) is 0 Å². The van der Waals surface area contributed by atoms with Gasteiger partial charge in [0.15, 0.2) is 0 Å². The summed E-state index contributed by atoms with van der Waals surface area (Å²) in [6, 6.07) is 11.8. The van der Waals surface area contributed by atoms with Crippen LogP contribution in [0.1, 0.15) is 24.3 Å². The first-order chi connectivity index (χ1) is 12.5. The van der Waals surface area contributed by atoms with Crippen LogP contribution >= 0.6 is 0 Å². The summed E-state index contributed by atoms with van der Waals surface area (Å²) < 4.78 is 38.2. The van der Waals surface area contributed by atoms with Gasteiger partial charge < -0.3 is 14.3 Å². The van der Waals surface area contributed by atoms with E-state index in [0.29, 0.717) is 36.6 Å². The zero-order valence-corrected chi connectivity index (χ0v) is 15.5. The predicted octanol–water partition coefficient (Wildman–Crippen LogP) is 2.98. The van der Waals surface area contributed by atoms with Crippen molar-refractivity contribution in [2.45, 2.75) is 23.7 Å². The third-order valence-corrected chi connectivity index (χ3v) is 6.37. The summed E-state index contributed by atoms with van der Waals surface area (Å²) in [6.45, 7) is 0.301. The molecule has 1 aliphatic heterocycles. The first kappa shape index (κ1) is 18.3. The Labute approximate surface area is 153 Å². The molecule has 0 aliphatic carbocycles. The van der Waals surface area contributed by atoms with Crippen molar-refractivity contribution >= 4 is 22.0 Å². The summed E-state index contributed by atoms with van der Waals surface area (Å²) in [5.74, 6) is 1.10. The topological polar surface area (TPSA) is 72.9 Å². The van der Waals surface area contributed by atoms with E-state index in [0.717, 1.165) is 11.8 Å². The van der Waals surface area contributed by atoms with Crippen LogP contribution in [0, 0.1) is 0 Å². The van der Waals surface area contributed by atoms with Crippen molar-refractivity contribution in [3.05, 3.63) is 48.0 Å². The van der Waals surface area contributed by atoms with Gasteiger partial charge in [0.2, 0.25) is 0 Å². The molecule has 0 bridgehead atoms. The van der Waals surface area contributed by atoms with Crippen LogP contribution in [0.3, 0.4) is 0 Å². The number of methoxy groups -OCH3 is 2. The van der Waals surface area contributed by atoms with Crippen LogP contribution in [0.2, 0.25) is 0 Å². The molecule has 0 aromatic heterocycles. The molecule has 7 heteroatoms. The Bertz CT molecular complexity index is 910. The highest BCUT2D eigenvalue weighted by Gasteiger charge is 2.36. The van der Waals surface area contributed by atoms with Gasteiger partial charge in [-0.05, 0) is 42.3 Å². The maximum atomic E-state index is 13.2. The Morgan fingerprint density at radius 1 is 1.12 bits per heavy atom. The van der Waals surface area contributed by atoms with Crippen molar-refractivity contribution in [1.29, 1.82) is 0 Å². The lowest BCUT2D eigenvalue weighted by Gasteiger charge is -2.20. The Morgan fingerprint density at radius 3 is 2.54 bits per heavy atom. The molecule has 0 fully saturated rings. The van der Waals surface area contributed by atoms with Crippen LogP contribution in [0.15, 0.2) is 47.4 Å². The van der Waals surface area contributed by atoms with Crippen molar-refractivity contribution in [3.63, 3.8) is 0 Å². The molecule has 0 amide bonds. The average molecular weight is 375 g/mol. The van der Waals surface area contributed by atoms with Crippen LogP contribution in [0.5, 0.6) is 11.5 Å². The van der Waals surface area contributed by atoms with Crippen LogP contribution in [-0.2, 0) is 14.8 Å². The molecule has 1 aliphatic rings. The molecule has 0 radical (unpaired) electrons. The highest BCUT2D eigenvalue weighted by atomic mass is 32.2. The zero-order valence-electron chi connectivity index (χ0n) is 14.7. The number of aldehydes is 1. The number of nitrogens with zero attached hydrogens (tertiary/aromatic N) is 1. The van der Waals surface area contributed by atoms with Crippen LogP contribution in [-0.4, -0.2) is 35.5 Å². The van der Waals surface area contributed by atoms with Gasteiger partial charge in [0.05, 0.1) is 24.8 Å². The van der Waals surface area contributed by atoms with E-state index in [1.807, 2.05) is 6.07 Å². The van der Waals surface area contributed by atoms with Gasteiger partial charge in [-0.3, -0.25) is 4.31 Å². The zero-order chi connectivity index (χ0) is 18.7.